The van der Waals surface area contributed by atoms with Crippen LogP contribution < -0.4 is 10.5 Å². The molecule has 0 radical (unpaired) electrons. The summed E-state index contributed by atoms with van der Waals surface area (Å²) in [6, 6.07) is -0.0788. The fraction of sp³-hybridized carbons (Fsp3) is 0.750. The van der Waals surface area contributed by atoms with E-state index in [9.17, 15) is 0 Å². The molecule has 1 aromatic rings. The second-order valence-corrected chi connectivity index (χ2v) is 4.52. The molecule has 0 aliphatic carbocycles. The lowest BCUT2D eigenvalue weighted by Crippen LogP contribution is -2.29. The molecule has 0 bridgehead atoms. The van der Waals surface area contributed by atoms with E-state index in [-0.39, 0.29) is 12.1 Å². The molecule has 1 fully saturated rings. The predicted octanol–water partition coefficient (Wildman–Crippen LogP) is 1.24. The standard InChI is InChI=1S/C12H21N3O2/c1-4-9-8(5-6-17-9)11(13)12-10(16-3)7-14-15(12)2/h7-9,11H,4-6,13H2,1-3H3. The van der Waals surface area contributed by atoms with E-state index >= 15 is 0 Å². The van der Waals surface area contributed by atoms with Gasteiger partial charge < -0.3 is 15.2 Å². The van der Waals surface area contributed by atoms with Crippen molar-refractivity contribution < 1.29 is 9.47 Å². The molecule has 1 aliphatic heterocycles. The maximum absolute atomic E-state index is 6.37. The van der Waals surface area contributed by atoms with Crippen molar-refractivity contribution in [1.29, 1.82) is 0 Å². The molecule has 0 spiro atoms. The van der Waals surface area contributed by atoms with E-state index in [0.29, 0.717) is 5.92 Å². The van der Waals surface area contributed by atoms with Crippen LogP contribution in [0.25, 0.3) is 0 Å². The third-order valence-corrected chi connectivity index (χ3v) is 3.61. The molecule has 0 aromatic carbocycles. The summed E-state index contributed by atoms with van der Waals surface area (Å²) in [6.45, 7) is 2.94. The van der Waals surface area contributed by atoms with E-state index < -0.39 is 0 Å². The van der Waals surface area contributed by atoms with Crippen LogP contribution in [0.3, 0.4) is 0 Å². The number of nitrogens with zero attached hydrogens (tertiary/aromatic N) is 2. The van der Waals surface area contributed by atoms with Gasteiger partial charge in [0.1, 0.15) is 0 Å². The Morgan fingerprint density at radius 2 is 2.47 bits per heavy atom. The Morgan fingerprint density at radius 3 is 3.12 bits per heavy atom. The first-order chi connectivity index (χ1) is 8.19. The summed E-state index contributed by atoms with van der Waals surface area (Å²) in [5, 5.41) is 4.20. The van der Waals surface area contributed by atoms with Gasteiger partial charge in [-0.05, 0) is 12.8 Å². The largest absolute Gasteiger partial charge is 0.493 e. The zero-order valence-electron chi connectivity index (χ0n) is 10.7. The topological polar surface area (TPSA) is 62.3 Å². The van der Waals surface area contributed by atoms with Gasteiger partial charge in [0.25, 0.3) is 0 Å². The lowest BCUT2D eigenvalue weighted by Gasteiger charge is -2.24. The first kappa shape index (κ1) is 12.4. The Labute approximate surface area is 102 Å². The van der Waals surface area contributed by atoms with Gasteiger partial charge in [0, 0.05) is 19.6 Å². The van der Waals surface area contributed by atoms with Crippen molar-refractivity contribution in [2.75, 3.05) is 13.7 Å². The molecule has 5 heteroatoms. The normalized spacial score (nSPS) is 26.1. The highest BCUT2D eigenvalue weighted by Crippen LogP contribution is 2.36. The maximum atomic E-state index is 6.37. The average Bonchev–Trinajstić information content (AvgIpc) is 2.93. The first-order valence-corrected chi connectivity index (χ1v) is 6.12. The molecule has 1 aliphatic rings. The van der Waals surface area contributed by atoms with Crippen molar-refractivity contribution >= 4 is 0 Å². The van der Waals surface area contributed by atoms with Gasteiger partial charge in [-0.25, -0.2) is 0 Å². The van der Waals surface area contributed by atoms with E-state index in [4.69, 9.17) is 15.2 Å². The molecule has 17 heavy (non-hydrogen) atoms. The molecular formula is C12H21N3O2. The van der Waals surface area contributed by atoms with Crippen molar-refractivity contribution in [2.45, 2.75) is 31.9 Å². The first-order valence-electron chi connectivity index (χ1n) is 6.12. The SMILES string of the molecule is CCC1OCCC1C(N)c1c(OC)cnn1C. The molecular weight excluding hydrogens is 218 g/mol. The van der Waals surface area contributed by atoms with Gasteiger partial charge in [-0.3, -0.25) is 4.68 Å². The Kier molecular flexibility index (Phi) is 3.69. The van der Waals surface area contributed by atoms with Gasteiger partial charge in [0.2, 0.25) is 0 Å². The fourth-order valence-corrected chi connectivity index (χ4v) is 2.66. The lowest BCUT2D eigenvalue weighted by atomic mass is 9.89. The van der Waals surface area contributed by atoms with Crippen LogP contribution in [0.2, 0.25) is 0 Å². The summed E-state index contributed by atoms with van der Waals surface area (Å²) in [7, 11) is 3.55. The van der Waals surface area contributed by atoms with Crippen LogP contribution >= 0.6 is 0 Å². The second-order valence-electron chi connectivity index (χ2n) is 4.52. The van der Waals surface area contributed by atoms with E-state index in [1.165, 1.54) is 0 Å². The van der Waals surface area contributed by atoms with Crippen molar-refractivity contribution in [2.24, 2.45) is 18.7 Å². The zero-order valence-corrected chi connectivity index (χ0v) is 10.7. The van der Waals surface area contributed by atoms with E-state index in [1.807, 2.05) is 7.05 Å². The Balaban J connectivity index is 2.23. The highest BCUT2D eigenvalue weighted by Gasteiger charge is 2.35. The Bertz CT molecular complexity index is 378. The number of hydrogen-bond donors (Lipinski definition) is 1. The fourth-order valence-electron chi connectivity index (χ4n) is 2.66. The molecule has 2 heterocycles. The Hall–Kier alpha value is -1.07. The van der Waals surface area contributed by atoms with E-state index in [1.54, 1.807) is 18.0 Å². The summed E-state index contributed by atoms with van der Waals surface area (Å²) in [4.78, 5) is 0. The quantitative estimate of drug-likeness (QED) is 0.858. The average molecular weight is 239 g/mol. The van der Waals surface area contributed by atoms with Crippen molar-refractivity contribution in [1.82, 2.24) is 9.78 Å². The summed E-state index contributed by atoms with van der Waals surface area (Å²) in [6.07, 6.45) is 3.97. The van der Waals surface area contributed by atoms with Crippen LogP contribution in [0.5, 0.6) is 5.75 Å². The number of ether oxygens (including phenoxy) is 2. The molecule has 2 rings (SSSR count). The van der Waals surface area contributed by atoms with E-state index in [2.05, 4.69) is 12.0 Å². The molecule has 1 saturated heterocycles. The maximum Gasteiger partial charge on any atom is 0.161 e. The second kappa shape index (κ2) is 5.06. The molecule has 0 saturated carbocycles. The van der Waals surface area contributed by atoms with Gasteiger partial charge in [-0.2, -0.15) is 5.10 Å². The van der Waals surface area contributed by atoms with Crippen LogP contribution in [0.4, 0.5) is 0 Å². The van der Waals surface area contributed by atoms with Gasteiger partial charge >= 0.3 is 0 Å². The molecule has 96 valence electrons. The highest BCUT2D eigenvalue weighted by atomic mass is 16.5. The number of methoxy groups -OCH3 is 1. The summed E-state index contributed by atoms with van der Waals surface area (Å²) in [5.41, 5.74) is 7.33. The number of rotatable bonds is 4. The minimum absolute atomic E-state index is 0.0788. The van der Waals surface area contributed by atoms with Gasteiger partial charge in [0.15, 0.2) is 5.75 Å². The van der Waals surface area contributed by atoms with E-state index in [0.717, 1.165) is 30.9 Å². The smallest absolute Gasteiger partial charge is 0.161 e. The van der Waals surface area contributed by atoms with Crippen LogP contribution in [-0.2, 0) is 11.8 Å². The van der Waals surface area contributed by atoms with Gasteiger partial charge in [0.05, 0.1) is 31.1 Å². The van der Waals surface area contributed by atoms with Crippen molar-refractivity contribution in [3.05, 3.63) is 11.9 Å². The number of nitrogens with two attached hydrogens (primary N) is 1. The van der Waals surface area contributed by atoms with Gasteiger partial charge in [-0.15, -0.1) is 0 Å². The Morgan fingerprint density at radius 1 is 1.71 bits per heavy atom. The summed E-state index contributed by atoms with van der Waals surface area (Å²) in [5.74, 6) is 1.12. The predicted molar refractivity (Wildman–Crippen MR) is 64.8 cm³/mol. The monoisotopic (exact) mass is 239 g/mol. The van der Waals surface area contributed by atoms with Crippen LogP contribution in [0, 0.1) is 5.92 Å². The molecule has 0 amide bonds. The third-order valence-electron chi connectivity index (χ3n) is 3.61. The highest BCUT2D eigenvalue weighted by molar-refractivity contribution is 5.28. The summed E-state index contributed by atoms with van der Waals surface area (Å²) >= 11 is 0. The summed E-state index contributed by atoms with van der Waals surface area (Å²) < 4.78 is 12.8. The van der Waals surface area contributed by atoms with Crippen molar-refractivity contribution in [3.8, 4) is 5.75 Å². The van der Waals surface area contributed by atoms with Gasteiger partial charge in [-0.1, -0.05) is 6.92 Å². The number of aromatic nitrogens is 2. The molecule has 1 aromatic heterocycles. The molecule has 5 nitrogen and oxygen atoms in total. The lowest BCUT2D eigenvalue weighted by molar-refractivity contribution is 0.0804. The zero-order chi connectivity index (χ0) is 12.4. The van der Waals surface area contributed by atoms with Crippen LogP contribution in [-0.4, -0.2) is 29.6 Å². The third kappa shape index (κ3) is 2.17. The molecule has 2 N–H and O–H groups in total. The van der Waals surface area contributed by atoms with Crippen LogP contribution in [0.1, 0.15) is 31.5 Å². The molecule has 3 atom stereocenters. The number of aryl methyl sites for hydroxylation is 1. The molecule has 3 unspecified atom stereocenters. The minimum atomic E-state index is -0.0788. The van der Waals surface area contributed by atoms with Crippen LogP contribution in [0.15, 0.2) is 6.20 Å². The minimum Gasteiger partial charge on any atom is -0.493 e. The van der Waals surface area contributed by atoms with Crippen molar-refractivity contribution in [3.63, 3.8) is 0 Å². The number of hydrogen-bond acceptors (Lipinski definition) is 4.